The summed E-state index contributed by atoms with van der Waals surface area (Å²) in [6.45, 7) is 12.8. The molecule has 0 bridgehead atoms. The number of nitrogens with one attached hydrogen (secondary N) is 2. The Kier molecular flexibility index (Phi) is 11.0. The van der Waals surface area contributed by atoms with Crippen molar-refractivity contribution < 1.29 is 9.47 Å². The number of guanidine groups is 1. The molecule has 7 nitrogen and oxygen atoms in total. The van der Waals surface area contributed by atoms with Crippen molar-refractivity contribution in [2.45, 2.75) is 46.4 Å². The van der Waals surface area contributed by atoms with E-state index in [-0.39, 0.29) is 36.2 Å². The number of aromatic nitrogens is 1. The highest BCUT2D eigenvalue weighted by Gasteiger charge is 2.17. The van der Waals surface area contributed by atoms with Crippen LogP contribution >= 0.6 is 24.0 Å². The smallest absolute Gasteiger partial charge is 0.191 e. The molecule has 2 unspecified atom stereocenters. The first kappa shape index (κ1) is 26.2. The molecule has 3 rings (SSSR count). The van der Waals surface area contributed by atoms with Crippen molar-refractivity contribution in [3.05, 3.63) is 53.7 Å². The molecule has 0 radical (unpaired) electrons. The summed E-state index contributed by atoms with van der Waals surface area (Å²) in [6, 6.07) is 12.3. The van der Waals surface area contributed by atoms with Gasteiger partial charge in [-0.25, -0.2) is 9.98 Å². The summed E-state index contributed by atoms with van der Waals surface area (Å²) in [5.74, 6) is 2.65. The Morgan fingerprint density at radius 3 is 2.84 bits per heavy atom. The largest absolute Gasteiger partial charge is 0.489 e. The summed E-state index contributed by atoms with van der Waals surface area (Å²) in [5.41, 5.74) is 2.27. The van der Waals surface area contributed by atoms with E-state index in [1.165, 1.54) is 5.56 Å². The van der Waals surface area contributed by atoms with Gasteiger partial charge in [0.1, 0.15) is 17.7 Å². The van der Waals surface area contributed by atoms with Gasteiger partial charge in [-0.1, -0.05) is 18.2 Å². The fourth-order valence-corrected chi connectivity index (χ4v) is 3.44. The van der Waals surface area contributed by atoms with Gasteiger partial charge in [-0.15, -0.1) is 24.0 Å². The molecule has 32 heavy (non-hydrogen) atoms. The van der Waals surface area contributed by atoms with Crippen LogP contribution in [0, 0.1) is 6.92 Å². The molecule has 2 heterocycles. The third-order valence-corrected chi connectivity index (χ3v) is 5.02. The standard InChI is InChI=1S/C24H35N5O2.HI/c1-5-25-24(27-14-19(3)31-22-8-6-7-18(2)13-22)28-16-21-9-10-23(26-15-21)29-11-12-30-20(4)17-29;/h6-10,13,15,19-20H,5,11-12,14,16-17H2,1-4H3,(H2,25,27,28);1H. The lowest BCUT2D eigenvalue weighted by Crippen LogP contribution is -2.41. The molecular weight excluding hydrogens is 517 g/mol. The predicted octanol–water partition coefficient (Wildman–Crippen LogP) is 3.76. The van der Waals surface area contributed by atoms with Crippen LogP contribution in [0.5, 0.6) is 5.75 Å². The minimum atomic E-state index is 0. The van der Waals surface area contributed by atoms with E-state index >= 15 is 0 Å². The Morgan fingerprint density at radius 1 is 1.31 bits per heavy atom. The van der Waals surface area contributed by atoms with Crippen molar-refractivity contribution in [1.82, 2.24) is 15.6 Å². The van der Waals surface area contributed by atoms with Gasteiger partial charge in [-0.2, -0.15) is 0 Å². The first-order valence-corrected chi connectivity index (χ1v) is 11.1. The van der Waals surface area contributed by atoms with Gasteiger partial charge in [0, 0.05) is 25.8 Å². The lowest BCUT2D eigenvalue weighted by molar-refractivity contribution is 0.0529. The molecule has 1 aliphatic rings. The Bertz CT molecular complexity index is 847. The average Bonchev–Trinajstić information content (AvgIpc) is 2.76. The van der Waals surface area contributed by atoms with Gasteiger partial charge >= 0.3 is 0 Å². The van der Waals surface area contributed by atoms with E-state index in [4.69, 9.17) is 14.5 Å². The van der Waals surface area contributed by atoms with Crippen LogP contribution in [-0.2, 0) is 11.3 Å². The van der Waals surface area contributed by atoms with Crippen molar-refractivity contribution in [2.75, 3.05) is 37.7 Å². The number of aryl methyl sites for hydroxylation is 1. The summed E-state index contributed by atoms with van der Waals surface area (Å²) >= 11 is 0. The maximum absolute atomic E-state index is 6.00. The molecule has 1 aromatic heterocycles. The van der Waals surface area contributed by atoms with Crippen molar-refractivity contribution >= 4 is 35.8 Å². The second-order valence-corrected chi connectivity index (χ2v) is 7.97. The molecule has 0 amide bonds. The van der Waals surface area contributed by atoms with Crippen molar-refractivity contribution in [1.29, 1.82) is 0 Å². The summed E-state index contributed by atoms with van der Waals surface area (Å²) in [4.78, 5) is 11.6. The van der Waals surface area contributed by atoms with E-state index in [1.54, 1.807) is 0 Å². The molecule has 2 atom stereocenters. The topological polar surface area (TPSA) is 71.0 Å². The minimum Gasteiger partial charge on any atom is -0.489 e. The van der Waals surface area contributed by atoms with E-state index in [9.17, 15) is 0 Å². The number of aliphatic imine (C=N–C) groups is 1. The highest BCUT2D eigenvalue weighted by molar-refractivity contribution is 14.0. The Morgan fingerprint density at radius 2 is 2.16 bits per heavy atom. The van der Waals surface area contributed by atoms with Crippen molar-refractivity contribution in [2.24, 2.45) is 4.99 Å². The number of morpholine rings is 1. The molecule has 2 N–H and O–H groups in total. The molecule has 0 aliphatic carbocycles. The number of nitrogens with zero attached hydrogens (tertiary/aromatic N) is 3. The third-order valence-electron chi connectivity index (χ3n) is 5.02. The summed E-state index contributed by atoms with van der Waals surface area (Å²) < 4.78 is 11.6. The Balaban J connectivity index is 0.00000363. The fraction of sp³-hybridized carbons (Fsp3) is 0.500. The normalized spacial score (nSPS) is 17.3. The van der Waals surface area contributed by atoms with Crippen LogP contribution in [0.15, 0.2) is 47.6 Å². The lowest BCUT2D eigenvalue weighted by Gasteiger charge is -2.32. The minimum absolute atomic E-state index is 0. The van der Waals surface area contributed by atoms with Crippen LogP contribution in [0.1, 0.15) is 31.9 Å². The zero-order valence-corrected chi connectivity index (χ0v) is 21.8. The van der Waals surface area contributed by atoms with Gasteiger partial charge in [-0.05, 0) is 57.0 Å². The molecule has 176 valence electrons. The molecular formula is C24H36IN5O2. The fourth-order valence-electron chi connectivity index (χ4n) is 3.44. The highest BCUT2D eigenvalue weighted by atomic mass is 127. The number of benzene rings is 1. The third kappa shape index (κ3) is 8.46. The van der Waals surface area contributed by atoms with Gasteiger partial charge in [0.05, 0.1) is 25.8 Å². The summed E-state index contributed by atoms with van der Waals surface area (Å²) in [5, 5.41) is 6.65. The van der Waals surface area contributed by atoms with E-state index < -0.39 is 0 Å². The first-order valence-electron chi connectivity index (χ1n) is 11.1. The number of hydrogen-bond acceptors (Lipinski definition) is 5. The molecule has 0 spiro atoms. The molecule has 1 saturated heterocycles. The van der Waals surface area contributed by atoms with Gasteiger partial charge in [-0.3, -0.25) is 0 Å². The molecule has 1 fully saturated rings. The van der Waals surface area contributed by atoms with Gasteiger partial charge in [0.25, 0.3) is 0 Å². The van der Waals surface area contributed by atoms with Crippen LogP contribution in [-0.4, -0.2) is 55.9 Å². The number of rotatable bonds is 8. The quantitative estimate of drug-likeness (QED) is 0.295. The van der Waals surface area contributed by atoms with E-state index in [0.29, 0.717) is 13.1 Å². The number of pyridine rings is 1. The zero-order valence-electron chi connectivity index (χ0n) is 19.5. The van der Waals surface area contributed by atoms with Crippen LogP contribution in [0.2, 0.25) is 0 Å². The maximum Gasteiger partial charge on any atom is 0.191 e. The van der Waals surface area contributed by atoms with Crippen LogP contribution in [0.25, 0.3) is 0 Å². The predicted molar refractivity (Wildman–Crippen MR) is 141 cm³/mol. The van der Waals surface area contributed by atoms with Crippen LogP contribution in [0.4, 0.5) is 5.82 Å². The van der Waals surface area contributed by atoms with E-state index in [1.807, 2.05) is 31.3 Å². The number of halogens is 1. The van der Waals surface area contributed by atoms with Crippen LogP contribution < -0.4 is 20.3 Å². The number of anilines is 1. The summed E-state index contributed by atoms with van der Waals surface area (Å²) in [6.07, 6.45) is 2.17. The van der Waals surface area contributed by atoms with Gasteiger partial charge < -0.3 is 25.0 Å². The average molecular weight is 553 g/mol. The first-order chi connectivity index (χ1) is 15.0. The second kappa shape index (κ2) is 13.5. The molecule has 2 aromatic rings. The Hall–Kier alpha value is -2.07. The second-order valence-electron chi connectivity index (χ2n) is 7.97. The van der Waals surface area contributed by atoms with Crippen LogP contribution in [0.3, 0.4) is 0 Å². The summed E-state index contributed by atoms with van der Waals surface area (Å²) in [7, 11) is 0. The van der Waals surface area contributed by atoms with E-state index in [2.05, 4.69) is 59.5 Å². The van der Waals surface area contributed by atoms with Crippen molar-refractivity contribution in [3.63, 3.8) is 0 Å². The monoisotopic (exact) mass is 553 g/mol. The van der Waals surface area contributed by atoms with Crippen molar-refractivity contribution in [3.8, 4) is 5.75 Å². The number of ether oxygens (including phenoxy) is 2. The zero-order chi connectivity index (χ0) is 22.1. The van der Waals surface area contributed by atoms with E-state index in [0.717, 1.165) is 49.3 Å². The highest BCUT2D eigenvalue weighted by Crippen LogP contribution is 2.16. The molecule has 1 aromatic carbocycles. The maximum atomic E-state index is 6.00. The Labute approximate surface area is 209 Å². The van der Waals surface area contributed by atoms with Gasteiger partial charge in [0.15, 0.2) is 5.96 Å². The molecule has 8 heteroatoms. The molecule has 0 saturated carbocycles. The SMILES string of the molecule is CCNC(=NCc1ccc(N2CCOC(C)C2)nc1)NCC(C)Oc1cccc(C)c1.I. The number of hydrogen-bond donors (Lipinski definition) is 2. The molecule has 1 aliphatic heterocycles. The lowest BCUT2D eigenvalue weighted by atomic mass is 10.2. The van der Waals surface area contributed by atoms with Gasteiger partial charge in [0.2, 0.25) is 0 Å².